The Labute approximate surface area is 159 Å². The fourth-order valence-corrected chi connectivity index (χ4v) is 2.44. The maximum absolute atomic E-state index is 10.2. The lowest BCUT2D eigenvalue weighted by Gasteiger charge is -2.17. The second-order valence-corrected chi connectivity index (χ2v) is 7.09. The summed E-state index contributed by atoms with van der Waals surface area (Å²) in [6.45, 7) is 7.44. The maximum Gasteiger partial charge on any atom is 0.232 e. The molecule has 0 fully saturated rings. The monoisotopic (exact) mass is 364 g/mol. The molecule has 0 amide bonds. The van der Waals surface area contributed by atoms with E-state index < -0.39 is 5.60 Å². The molecule has 7 nitrogen and oxygen atoms in total. The average molecular weight is 364 g/mol. The Hall–Kier alpha value is -3.06. The normalized spacial score (nSPS) is 11.5. The molecule has 0 aliphatic carbocycles. The van der Waals surface area contributed by atoms with Crippen molar-refractivity contribution >= 4 is 17.6 Å². The first-order valence-electron chi connectivity index (χ1n) is 8.85. The van der Waals surface area contributed by atoms with E-state index in [0.717, 1.165) is 11.3 Å². The van der Waals surface area contributed by atoms with Crippen LogP contribution in [-0.4, -0.2) is 31.1 Å². The van der Waals surface area contributed by atoms with Crippen LogP contribution < -0.4 is 10.6 Å². The van der Waals surface area contributed by atoms with Gasteiger partial charge in [-0.15, -0.1) is 0 Å². The van der Waals surface area contributed by atoms with Crippen LogP contribution in [0.15, 0.2) is 48.7 Å². The van der Waals surface area contributed by atoms with Gasteiger partial charge in [-0.2, -0.15) is 15.0 Å². The quantitative estimate of drug-likeness (QED) is 0.613. The van der Waals surface area contributed by atoms with Gasteiger partial charge < -0.3 is 15.7 Å². The summed E-state index contributed by atoms with van der Waals surface area (Å²) in [4.78, 5) is 17.7. The summed E-state index contributed by atoms with van der Waals surface area (Å²) in [5.74, 6) is 1.49. The number of aromatic nitrogens is 4. The van der Waals surface area contributed by atoms with Crippen LogP contribution in [0, 0.1) is 0 Å². The lowest BCUT2D eigenvalue weighted by atomic mass is 10.0. The van der Waals surface area contributed by atoms with Gasteiger partial charge in [-0.05, 0) is 39.8 Å². The van der Waals surface area contributed by atoms with Crippen LogP contribution in [0.2, 0.25) is 0 Å². The molecular formula is C20H24N6O. The minimum atomic E-state index is -1.03. The van der Waals surface area contributed by atoms with Gasteiger partial charge in [0.25, 0.3) is 0 Å². The highest BCUT2D eigenvalue weighted by Crippen LogP contribution is 2.23. The Morgan fingerprint density at radius 1 is 0.963 bits per heavy atom. The van der Waals surface area contributed by atoms with Crippen LogP contribution >= 0.6 is 0 Å². The van der Waals surface area contributed by atoms with Crippen molar-refractivity contribution in [2.24, 2.45) is 0 Å². The largest absolute Gasteiger partial charge is 0.384 e. The molecule has 7 heteroatoms. The van der Waals surface area contributed by atoms with Crippen molar-refractivity contribution in [2.45, 2.75) is 39.3 Å². The van der Waals surface area contributed by atoms with Crippen molar-refractivity contribution in [3.63, 3.8) is 0 Å². The zero-order valence-electron chi connectivity index (χ0n) is 15.9. The van der Waals surface area contributed by atoms with Crippen molar-refractivity contribution in [1.29, 1.82) is 0 Å². The predicted molar refractivity (Wildman–Crippen MR) is 107 cm³/mol. The van der Waals surface area contributed by atoms with Crippen molar-refractivity contribution in [3.05, 3.63) is 54.4 Å². The minimum Gasteiger partial charge on any atom is -0.384 e. The number of hydrogen-bond donors (Lipinski definition) is 3. The zero-order chi connectivity index (χ0) is 19.4. The standard InChI is InChI=1S/C20H24N6O/c1-13(2)22-18-24-17(14-8-6-5-7-9-14)25-19(26-18)23-15-10-11-21-16(12-15)20(3,4)27/h5-13,27H,1-4H3,(H2,21,22,23,24,25,26). The summed E-state index contributed by atoms with van der Waals surface area (Å²) in [5.41, 5.74) is 1.17. The summed E-state index contributed by atoms with van der Waals surface area (Å²) in [7, 11) is 0. The third kappa shape index (κ3) is 4.98. The lowest BCUT2D eigenvalue weighted by Crippen LogP contribution is -2.17. The summed E-state index contributed by atoms with van der Waals surface area (Å²) >= 11 is 0. The van der Waals surface area contributed by atoms with E-state index in [1.54, 1.807) is 32.2 Å². The Morgan fingerprint density at radius 3 is 2.33 bits per heavy atom. The summed E-state index contributed by atoms with van der Waals surface area (Å²) in [6.07, 6.45) is 1.64. The molecule has 27 heavy (non-hydrogen) atoms. The van der Waals surface area contributed by atoms with E-state index in [2.05, 4.69) is 30.6 Å². The van der Waals surface area contributed by atoms with E-state index in [4.69, 9.17) is 0 Å². The van der Waals surface area contributed by atoms with Gasteiger partial charge in [-0.25, -0.2) is 0 Å². The zero-order valence-corrected chi connectivity index (χ0v) is 15.9. The molecule has 3 rings (SSSR count). The molecule has 3 aromatic rings. The Balaban J connectivity index is 1.97. The van der Waals surface area contributed by atoms with Crippen LogP contribution in [0.25, 0.3) is 11.4 Å². The second kappa shape index (κ2) is 7.67. The second-order valence-electron chi connectivity index (χ2n) is 7.09. The number of nitrogens with one attached hydrogen (secondary N) is 2. The summed E-state index contributed by atoms with van der Waals surface area (Å²) < 4.78 is 0. The number of aliphatic hydroxyl groups is 1. The van der Waals surface area contributed by atoms with Gasteiger partial charge in [-0.1, -0.05) is 30.3 Å². The molecule has 2 aromatic heterocycles. The molecule has 0 saturated carbocycles. The van der Waals surface area contributed by atoms with Gasteiger partial charge in [-0.3, -0.25) is 4.98 Å². The number of benzene rings is 1. The highest BCUT2D eigenvalue weighted by atomic mass is 16.3. The van der Waals surface area contributed by atoms with Crippen LogP contribution in [0.5, 0.6) is 0 Å². The molecule has 0 atom stereocenters. The van der Waals surface area contributed by atoms with Gasteiger partial charge in [0.15, 0.2) is 5.82 Å². The van der Waals surface area contributed by atoms with Crippen LogP contribution in [0.4, 0.5) is 17.6 Å². The lowest BCUT2D eigenvalue weighted by molar-refractivity contribution is 0.0739. The maximum atomic E-state index is 10.2. The van der Waals surface area contributed by atoms with Gasteiger partial charge >= 0.3 is 0 Å². The molecular weight excluding hydrogens is 340 g/mol. The van der Waals surface area contributed by atoms with Crippen LogP contribution in [0.3, 0.4) is 0 Å². The smallest absolute Gasteiger partial charge is 0.232 e. The van der Waals surface area contributed by atoms with E-state index in [-0.39, 0.29) is 6.04 Å². The SMILES string of the molecule is CC(C)Nc1nc(Nc2ccnc(C(C)(C)O)c2)nc(-c2ccccc2)n1. The highest BCUT2D eigenvalue weighted by molar-refractivity contribution is 5.61. The summed E-state index contributed by atoms with van der Waals surface area (Å²) in [6, 6.07) is 13.5. The first-order chi connectivity index (χ1) is 12.8. The third-order valence-electron chi connectivity index (χ3n) is 3.73. The predicted octanol–water partition coefficient (Wildman–Crippen LogP) is 3.72. The Kier molecular flexibility index (Phi) is 5.32. The van der Waals surface area contributed by atoms with E-state index in [9.17, 15) is 5.11 Å². The van der Waals surface area contributed by atoms with Gasteiger partial charge in [0, 0.05) is 23.5 Å². The molecule has 2 heterocycles. The summed E-state index contributed by atoms with van der Waals surface area (Å²) in [5, 5.41) is 16.6. The number of rotatable bonds is 6. The molecule has 0 unspecified atom stereocenters. The molecule has 140 valence electrons. The van der Waals surface area contributed by atoms with E-state index in [1.807, 2.05) is 44.2 Å². The number of pyridine rings is 1. The first-order valence-corrected chi connectivity index (χ1v) is 8.85. The van der Waals surface area contributed by atoms with Gasteiger partial charge in [0.1, 0.15) is 5.60 Å². The van der Waals surface area contributed by atoms with Crippen LogP contribution in [0.1, 0.15) is 33.4 Å². The topological polar surface area (TPSA) is 95.9 Å². The Bertz CT molecular complexity index is 906. The molecule has 0 saturated heterocycles. The van der Waals surface area contributed by atoms with Gasteiger partial charge in [0.05, 0.1) is 5.69 Å². The fraction of sp³-hybridized carbons (Fsp3) is 0.300. The minimum absolute atomic E-state index is 0.187. The molecule has 1 aromatic carbocycles. The molecule has 0 aliphatic heterocycles. The highest BCUT2D eigenvalue weighted by Gasteiger charge is 2.18. The van der Waals surface area contributed by atoms with E-state index in [1.165, 1.54) is 0 Å². The Morgan fingerprint density at radius 2 is 1.67 bits per heavy atom. The van der Waals surface area contributed by atoms with Crippen LogP contribution in [-0.2, 0) is 5.60 Å². The molecule has 0 spiro atoms. The van der Waals surface area contributed by atoms with Crippen molar-refractivity contribution < 1.29 is 5.11 Å². The van der Waals surface area contributed by atoms with E-state index >= 15 is 0 Å². The third-order valence-corrected chi connectivity index (χ3v) is 3.73. The van der Waals surface area contributed by atoms with Crippen molar-refractivity contribution in [1.82, 2.24) is 19.9 Å². The van der Waals surface area contributed by atoms with Crippen molar-refractivity contribution in [2.75, 3.05) is 10.6 Å². The number of hydrogen-bond acceptors (Lipinski definition) is 7. The molecule has 0 aliphatic rings. The van der Waals surface area contributed by atoms with Gasteiger partial charge in [0.2, 0.25) is 11.9 Å². The average Bonchev–Trinajstić information content (AvgIpc) is 2.61. The van der Waals surface area contributed by atoms with E-state index in [0.29, 0.717) is 23.4 Å². The molecule has 0 radical (unpaired) electrons. The number of nitrogens with zero attached hydrogens (tertiary/aromatic N) is 4. The molecule has 3 N–H and O–H groups in total. The molecule has 0 bridgehead atoms. The van der Waals surface area contributed by atoms with Crippen molar-refractivity contribution in [3.8, 4) is 11.4 Å². The first kappa shape index (κ1) is 18.7. The fourth-order valence-electron chi connectivity index (χ4n) is 2.44. The number of anilines is 3.